The monoisotopic (exact) mass is 320 g/mol. The Balaban J connectivity index is 3.14. The summed E-state index contributed by atoms with van der Waals surface area (Å²) in [6, 6.07) is 0. The Kier molecular flexibility index (Phi) is 18.5. The molecule has 0 saturated carbocycles. The van der Waals surface area contributed by atoms with Crippen molar-refractivity contribution >= 4 is 5.78 Å². The second kappa shape index (κ2) is 19.2. The molecule has 0 unspecified atom stereocenters. The predicted octanol–water partition coefficient (Wildman–Crippen LogP) is 7.56. The quantitative estimate of drug-likeness (QED) is 0.199. The molecule has 1 heteroatoms. The first-order valence-electron chi connectivity index (χ1n) is 10.1. The van der Waals surface area contributed by atoms with Crippen LogP contribution in [0, 0.1) is 0 Å². The maximum absolute atomic E-state index is 10.8. The van der Waals surface area contributed by atoms with Gasteiger partial charge in [-0.3, -0.25) is 0 Å². The average molecular weight is 321 g/mol. The number of hydrogen-bond donors (Lipinski definition) is 0. The maximum Gasteiger partial charge on any atom is 0.129 e. The summed E-state index contributed by atoms with van der Waals surface area (Å²) >= 11 is 0. The lowest BCUT2D eigenvalue weighted by Crippen LogP contribution is -1.87. The van der Waals surface area contributed by atoms with Gasteiger partial charge in [0.05, 0.1) is 0 Å². The highest BCUT2D eigenvalue weighted by Crippen LogP contribution is 2.09. The molecule has 0 aliphatic rings. The number of allylic oxidation sites excluding steroid dienone is 4. The first-order valence-corrected chi connectivity index (χ1v) is 10.1. The third kappa shape index (κ3) is 21.1. The van der Waals surface area contributed by atoms with Crippen LogP contribution in [0.4, 0.5) is 0 Å². The van der Waals surface area contributed by atoms with E-state index >= 15 is 0 Å². The number of unbranched alkanes of at least 4 members (excludes halogenated alkanes) is 11. The summed E-state index contributed by atoms with van der Waals surface area (Å²) in [6.45, 7) is 3.94. The van der Waals surface area contributed by atoms with Crippen LogP contribution in [-0.2, 0) is 4.79 Å². The Hall–Kier alpha value is -0.850. The van der Waals surface area contributed by atoms with Crippen LogP contribution >= 0.6 is 0 Å². The van der Waals surface area contributed by atoms with Gasteiger partial charge in [0.1, 0.15) is 5.78 Å². The van der Waals surface area contributed by atoms with Crippen molar-refractivity contribution in [3.05, 3.63) is 24.3 Å². The first kappa shape index (κ1) is 22.1. The van der Waals surface area contributed by atoms with Crippen molar-refractivity contribution in [3.8, 4) is 0 Å². The number of hydrogen-bond acceptors (Lipinski definition) is 1. The van der Waals surface area contributed by atoms with Gasteiger partial charge in [0.25, 0.3) is 0 Å². The Morgan fingerprint density at radius 3 is 1.43 bits per heavy atom. The van der Waals surface area contributed by atoms with Crippen molar-refractivity contribution in [2.75, 3.05) is 0 Å². The SMILES string of the molecule is CCCCCCC=CCCCCCCCC=CCCCC(C)=O. The van der Waals surface area contributed by atoms with Crippen LogP contribution in [-0.4, -0.2) is 5.78 Å². The highest BCUT2D eigenvalue weighted by atomic mass is 16.1. The zero-order valence-electron chi connectivity index (χ0n) is 15.8. The predicted molar refractivity (Wildman–Crippen MR) is 104 cm³/mol. The zero-order chi connectivity index (χ0) is 17.0. The van der Waals surface area contributed by atoms with Gasteiger partial charge in [0, 0.05) is 6.42 Å². The molecule has 0 aliphatic heterocycles. The van der Waals surface area contributed by atoms with Crippen molar-refractivity contribution in [2.45, 2.75) is 110 Å². The molecule has 0 heterocycles. The van der Waals surface area contributed by atoms with Gasteiger partial charge >= 0.3 is 0 Å². The lowest BCUT2D eigenvalue weighted by Gasteiger charge is -1.99. The molecule has 0 aromatic heterocycles. The van der Waals surface area contributed by atoms with Crippen molar-refractivity contribution < 1.29 is 4.79 Å². The molecular formula is C22H40O. The van der Waals surface area contributed by atoms with E-state index in [4.69, 9.17) is 0 Å². The summed E-state index contributed by atoms with van der Waals surface area (Å²) in [6.07, 6.45) is 28.1. The molecule has 0 aliphatic carbocycles. The summed E-state index contributed by atoms with van der Waals surface area (Å²) in [5.74, 6) is 0.310. The van der Waals surface area contributed by atoms with Gasteiger partial charge in [-0.1, -0.05) is 69.8 Å². The summed E-state index contributed by atoms with van der Waals surface area (Å²) in [7, 11) is 0. The second-order valence-electron chi connectivity index (χ2n) is 6.73. The van der Waals surface area contributed by atoms with Crippen molar-refractivity contribution in [3.63, 3.8) is 0 Å². The molecule has 0 rings (SSSR count). The lowest BCUT2D eigenvalue weighted by atomic mass is 10.1. The Morgan fingerprint density at radius 1 is 0.609 bits per heavy atom. The minimum Gasteiger partial charge on any atom is -0.300 e. The van der Waals surface area contributed by atoms with Gasteiger partial charge in [0.2, 0.25) is 0 Å². The normalized spacial score (nSPS) is 11.7. The van der Waals surface area contributed by atoms with Crippen LogP contribution in [0.1, 0.15) is 110 Å². The van der Waals surface area contributed by atoms with E-state index in [2.05, 4.69) is 31.2 Å². The van der Waals surface area contributed by atoms with Crippen LogP contribution in [0.5, 0.6) is 0 Å². The van der Waals surface area contributed by atoms with Gasteiger partial charge in [-0.25, -0.2) is 0 Å². The molecule has 0 aromatic carbocycles. The lowest BCUT2D eigenvalue weighted by molar-refractivity contribution is -0.117. The fraction of sp³-hybridized carbons (Fsp3) is 0.773. The van der Waals surface area contributed by atoms with Crippen LogP contribution < -0.4 is 0 Å². The second-order valence-corrected chi connectivity index (χ2v) is 6.73. The molecular weight excluding hydrogens is 280 g/mol. The van der Waals surface area contributed by atoms with Gasteiger partial charge < -0.3 is 4.79 Å². The van der Waals surface area contributed by atoms with Crippen LogP contribution in [0.3, 0.4) is 0 Å². The topological polar surface area (TPSA) is 17.1 Å². The van der Waals surface area contributed by atoms with E-state index in [0.717, 1.165) is 19.3 Å². The highest BCUT2D eigenvalue weighted by Gasteiger charge is 1.91. The average Bonchev–Trinajstić information content (AvgIpc) is 2.53. The van der Waals surface area contributed by atoms with E-state index in [0.29, 0.717) is 5.78 Å². The Bertz CT molecular complexity index is 301. The molecule has 0 spiro atoms. The largest absolute Gasteiger partial charge is 0.300 e. The minimum atomic E-state index is 0.310. The molecule has 0 aromatic rings. The number of rotatable bonds is 17. The van der Waals surface area contributed by atoms with Gasteiger partial charge in [0.15, 0.2) is 0 Å². The molecule has 0 amide bonds. The molecule has 1 nitrogen and oxygen atoms in total. The summed E-state index contributed by atoms with van der Waals surface area (Å²) in [5, 5.41) is 0. The number of Topliss-reactive ketones (excluding diaryl/α,β-unsaturated/α-hetero) is 1. The van der Waals surface area contributed by atoms with E-state index in [9.17, 15) is 4.79 Å². The first-order chi connectivity index (χ1) is 11.3. The molecule has 0 bridgehead atoms. The maximum atomic E-state index is 10.8. The Labute approximate surface area is 145 Å². The summed E-state index contributed by atoms with van der Waals surface area (Å²) in [4.78, 5) is 10.8. The molecule has 0 N–H and O–H groups in total. The zero-order valence-corrected chi connectivity index (χ0v) is 15.8. The van der Waals surface area contributed by atoms with E-state index in [-0.39, 0.29) is 0 Å². The van der Waals surface area contributed by atoms with Gasteiger partial charge in [-0.15, -0.1) is 0 Å². The van der Waals surface area contributed by atoms with Crippen LogP contribution in [0.15, 0.2) is 24.3 Å². The van der Waals surface area contributed by atoms with Crippen molar-refractivity contribution in [1.29, 1.82) is 0 Å². The molecule has 0 radical (unpaired) electrons. The van der Waals surface area contributed by atoms with E-state index in [1.54, 1.807) is 6.92 Å². The standard InChI is InChI=1S/C22H40O/c1-3-4-5-6-7-8-9-10-11-12-13-14-15-16-17-18-19-20-21-22(2)23/h8-9,17-18H,3-7,10-16,19-21H2,1-2H3. The fourth-order valence-corrected chi connectivity index (χ4v) is 2.68. The van der Waals surface area contributed by atoms with Gasteiger partial charge in [-0.05, 0) is 58.3 Å². The van der Waals surface area contributed by atoms with E-state index in [1.165, 1.54) is 77.0 Å². The van der Waals surface area contributed by atoms with Crippen molar-refractivity contribution in [2.24, 2.45) is 0 Å². The minimum absolute atomic E-state index is 0.310. The summed E-state index contributed by atoms with van der Waals surface area (Å²) in [5.41, 5.74) is 0. The van der Waals surface area contributed by atoms with Gasteiger partial charge in [-0.2, -0.15) is 0 Å². The number of ketones is 1. The molecule has 134 valence electrons. The van der Waals surface area contributed by atoms with E-state index < -0.39 is 0 Å². The van der Waals surface area contributed by atoms with Crippen molar-refractivity contribution in [1.82, 2.24) is 0 Å². The molecule has 0 fully saturated rings. The smallest absolute Gasteiger partial charge is 0.129 e. The Morgan fingerprint density at radius 2 is 1.00 bits per heavy atom. The summed E-state index contributed by atoms with van der Waals surface area (Å²) < 4.78 is 0. The highest BCUT2D eigenvalue weighted by molar-refractivity contribution is 5.75. The van der Waals surface area contributed by atoms with Crippen LogP contribution in [0.25, 0.3) is 0 Å². The molecule has 0 atom stereocenters. The van der Waals surface area contributed by atoms with Crippen LogP contribution in [0.2, 0.25) is 0 Å². The number of carbonyl (C=O) groups excluding carboxylic acids is 1. The number of carbonyl (C=O) groups is 1. The third-order valence-electron chi connectivity index (χ3n) is 4.20. The third-order valence-corrected chi connectivity index (χ3v) is 4.20. The van der Waals surface area contributed by atoms with E-state index in [1.807, 2.05) is 0 Å². The molecule has 0 saturated heterocycles. The fourth-order valence-electron chi connectivity index (χ4n) is 2.68. The molecule has 23 heavy (non-hydrogen) atoms.